The largest absolute Gasteiger partial charge is 0.383 e. The van der Waals surface area contributed by atoms with E-state index in [1.54, 1.807) is 12.3 Å². The highest BCUT2D eigenvalue weighted by Gasteiger charge is 2.20. The molecule has 1 unspecified atom stereocenters. The van der Waals surface area contributed by atoms with Crippen molar-refractivity contribution in [3.8, 4) is 0 Å². The van der Waals surface area contributed by atoms with E-state index in [0.29, 0.717) is 5.16 Å². The minimum Gasteiger partial charge on any atom is -0.383 e. The first-order valence-electron chi connectivity index (χ1n) is 4.63. The van der Waals surface area contributed by atoms with Gasteiger partial charge in [0.1, 0.15) is 5.25 Å². The molecule has 6 nitrogen and oxygen atoms in total. The van der Waals surface area contributed by atoms with Crippen molar-refractivity contribution in [2.45, 2.75) is 17.3 Å². The molecule has 16 heavy (non-hydrogen) atoms. The lowest BCUT2D eigenvalue weighted by Crippen LogP contribution is -2.39. The molecule has 0 aliphatic heterocycles. The summed E-state index contributed by atoms with van der Waals surface area (Å²) in [5.41, 5.74) is 2.94. The highest BCUT2D eigenvalue weighted by Crippen LogP contribution is 2.19. The first kappa shape index (κ1) is 12.9. The number of carbonyl (C=O) groups excluding carboxylic acids is 1. The zero-order chi connectivity index (χ0) is 12.0. The van der Waals surface area contributed by atoms with Gasteiger partial charge in [-0.3, -0.25) is 10.2 Å². The van der Waals surface area contributed by atoms with E-state index in [-0.39, 0.29) is 12.5 Å². The van der Waals surface area contributed by atoms with Crippen LogP contribution in [0.5, 0.6) is 0 Å². The first-order valence-corrected chi connectivity index (χ1v) is 5.51. The van der Waals surface area contributed by atoms with Crippen molar-refractivity contribution in [2.75, 3.05) is 13.7 Å². The number of aryl methyl sites for hydroxylation is 1. The maximum absolute atomic E-state index is 11.4. The van der Waals surface area contributed by atoms with Gasteiger partial charge in [0, 0.05) is 19.0 Å². The van der Waals surface area contributed by atoms with Gasteiger partial charge < -0.3 is 4.74 Å². The second-order valence-electron chi connectivity index (χ2n) is 3.05. The molecule has 1 aromatic rings. The summed E-state index contributed by atoms with van der Waals surface area (Å²) >= 11 is 1.22. The maximum Gasteiger partial charge on any atom is 0.249 e. The number of rotatable bonds is 5. The van der Waals surface area contributed by atoms with Crippen LogP contribution in [0.4, 0.5) is 0 Å². The number of amides is 1. The van der Waals surface area contributed by atoms with Crippen molar-refractivity contribution in [3.05, 3.63) is 18.0 Å². The van der Waals surface area contributed by atoms with Crippen molar-refractivity contribution in [2.24, 2.45) is 5.84 Å². The molecule has 88 valence electrons. The number of carbonyl (C=O) groups is 1. The molecule has 0 aliphatic carbocycles. The quantitative estimate of drug-likeness (QED) is 0.246. The van der Waals surface area contributed by atoms with Gasteiger partial charge in [-0.25, -0.2) is 15.8 Å². The monoisotopic (exact) mass is 242 g/mol. The minimum atomic E-state index is -0.447. The summed E-state index contributed by atoms with van der Waals surface area (Å²) in [5, 5.41) is 0.0856. The Kier molecular flexibility index (Phi) is 5.17. The Hall–Kier alpha value is -1.18. The van der Waals surface area contributed by atoms with E-state index in [1.807, 2.05) is 6.92 Å². The van der Waals surface area contributed by atoms with Crippen LogP contribution in [-0.4, -0.2) is 34.8 Å². The Morgan fingerprint density at radius 1 is 1.75 bits per heavy atom. The van der Waals surface area contributed by atoms with Gasteiger partial charge in [0.05, 0.1) is 6.61 Å². The Morgan fingerprint density at radius 3 is 3.06 bits per heavy atom. The average Bonchev–Trinajstić information content (AvgIpc) is 2.27. The molecule has 0 saturated carbocycles. The van der Waals surface area contributed by atoms with Gasteiger partial charge in [0.2, 0.25) is 5.91 Å². The van der Waals surface area contributed by atoms with E-state index in [0.717, 1.165) is 5.69 Å². The van der Waals surface area contributed by atoms with Crippen LogP contribution in [0.25, 0.3) is 0 Å². The summed E-state index contributed by atoms with van der Waals surface area (Å²) in [7, 11) is 1.52. The molecular formula is C9H14N4O2S. The molecule has 1 heterocycles. The number of ether oxygens (including phenoxy) is 1. The maximum atomic E-state index is 11.4. The van der Waals surface area contributed by atoms with Crippen molar-refractivity contribution < 1.29 is 9.53 Å². The molecule has 0 fully saturated rings. The normalized spacial score (nSPS) is 12.2. The standard InChI is InChI=1S/C9H14N4O2S/c1-6-3-4-11-9(12-6)16-7(5-15-2)8(14)13-10/h3-4,7H,5,10H2,1-2H3,(H,13,14). The van der Waals surface area contributed by atoms with Crippen LogP contribution in [-0.2, 0) is 9.53 Å². The molecule has 7 heteroatoms. The molecule has 0 bridgehead atoms. The summed E-state index contributed by atoms with van der Waals surface area (Å²) in [6.07, 6.45) is 1.65. The Morgan fingerprint density at radius 2 is 2.50 bits per heavy atom. The van der Waals surface area contributed by atoms with Gasteiger partial charge in [-0.1, -0.05) is 11.8 Å². The lowest BCUT2D eigenvalue weighted by Gasteiger charge is -2.12. The van der Waals surface area contributed by atoms with Crippen LogP contribution < -0.4 is 11.3 Å². The molecule has 0 spiro atoms. The zero-order valence-electron chi connectivity index (χ0n) is 9.14. The number of methoxy groups -OCH3 is 1. The minimum absolute atomic E-state index is 0.255. The van der Waals surface area contributed by atoms with Gasteiger partial charge in [-0.05, 0) is 13.0 Å². The molecular weight excluding hydrogens is 228 g/mol. The SMILES string of the molecule is COCC(Sc1nccc(C)n1)C(=O)NN. The number of nitrogens with one attached hydrogen (secondary N) is 1. The van der Waals surface area contributed by atoms with E-state index in [9.17, 15) is 4.79 Å². The van der Waals surface area contributed by atoms with Crippen LogP contribution in [0.3, 0.4) is 0 Å². The summed E-state index contributed by atoms with van der Waals surface area (Å²) in [6, 6.07) is 1.79. The summed E-state index contributed by atoms with van der Waals surface area (Å²) < 4.78 is 4.94. The van der Waals surface area contributed by atoms with Crippen LogP contribution in [0.1, 0.15) is 5.69 Å². The van der Waals surface area contributed by atoms with E-state index >= 15 is 0 Å². The molecule has 0 aliphatic rings. The van der Waals surface area contributed by atoms with Crippen LogP contribution in [0.15, 0.2) is 17.4 Å². The molecule has 0 saturated heterocycles. The van der Waals surface area contributed by atoms with Crippen LogP contribution in [0.2, 0.25) is 0 Å². The van der Waals surface area contributed by atoms with Gasteiger partial charge in [-0.2, -0.15) is 0 Å². The summed E-state index contributed by atoms with van der Waals surface area (Å²) in [5.74, 6) is 4.77. The molecule has 1 rings (SSSR count). The number of hydrazine groups is 1. The predicted molar refractivity (Wildman–Crippen MR) is 60.6 cm³/mol. The fourth-order valence-corrected chi connectivity index (χ4v) is 1.97. The second-order valence-corrected chi connectivity index (χ2v) is 4.22. The summed E-state index contributed by atoms with van der Waals surface area (Å²) in [4.78, 5) is 19.6. The van der Waals surface area contributed by atoms with E-state index in [4.69, 9.17) is 10.6 Å². The molecule has 0 aromatic carbocycles. The van der Waals surface area contributed by atoms with E-state index in [1.165, 1.54) is 18.9 Å². The Balaban J connectivity index is 2.71. The molecule has 1 aromatic heterocycles. The number of thioether (sulfide) groups is 1. The number of hydrogen-bond donors (Lipinski definition) is 2. The predicted octanol–water partition coefficient (Wildman–Crippen LogP) is -0.118. The molecule has 1 amide bonds. The van der Waals surface area contributed by atoms with Gasteiger partial charge in [-0.15, -0.1) is 0 Å². The number of hydrogen-bond acceptors (Lipinski definition) is 6. The van der Waals surface area contributed by atoms with Gasteiger partial charge >= 0.3 is 0 Å². The van der Waals surface area contributed by atoms with Crippen molar-refractivity contribution >= 4 is 17.7 Å². The Labute approximate surface area is 98.0 Å². The van der Waals surface area contributed by atoms with Crippen LogP contribution >= 0.6 is 11.8 Å². The number of nitrogens with zero attached hydrogens (tertiary/aromatic N) is 2. The lowest BCUT2D eigenvalue weighted by atomic mass is 10.4. The lowest BCUT2D eigenvalue weighted by molar-refractivity contribution is -0.121. The third-order valence-corrected chi connectivity index (χ3v) is 2.82. The van der Waals surface area contributed by atoms with E-state index in [2.05, 4.69) is 15.4 Å². The first-order chi connectivity index (χ1) is 7.67. The average molecular weight is 242 g/mol. The highest BCUT2D eigenvalue weighted by molar-refractivity contribution is 8.00. The van der Waals surface area contributed by atoms with Crippen molar-refractivity contribution in [1.82, 2.24) is 15.4 Å². The third kappa shape index (κ3) is 3.76. The van der Waals surface area contributed by atoms with Crippen molar-refractivity contribution in [1.29, 1.82) is 0 Å². The zero-order valence-corrected chi connectivity index (χ0v) is 9.95. The Bertz CT molecular complexity index is 361. The second kappa shape index (κ2) is 6.41. The van der Waals surface area contributed by atoms with Crippen molar-refractivity contribution in [3.63, 3.8) is 0 Å². The fraction of sp³-hybridized carbons (Fsp3) is 0.444. The van der Waals surface area contributed by atoms with Crippen LogP contribution in [0, 0.1) is 6.92 Å². The molecule has 1 atom stereocenters. The molecule has 3 N–H and O–H groups in total. The number of nitrogens with two attached hydrogens (primary N) is 1. The third-order valence-electron chi connectivity index (χ3n) is 1.77. The summed E-state index contributed by atoms with van der Waals surface area (Å²) in [6.45, 7) is 2.12. The highest BCUT2D eigenvalue weighted by atomic mass is 32.2. The smallest absolute Gasteiger partial charge is 0.249 e. The topological polar surface area (TPSA) is 90.1 Å². The molecule has 0 radical (unpaired) electrons. The van der Waals surface area contributed by atoms with Gasteiger partial charge in [0.15, 0.2) is 5.16 Å². The number of aromatic nitrogens is 2. The van der Waals surface area contributed by atoms with Gasteiger partial charge in [0.25, 0.3) is 0 Å². The fourth-order valence-electron chi connectivity index (χ4n) is 1.02. The van der Waals surface area contributed by atoms with E-state index < -0.39 is 5.25 Å².